The zero-order chi connectivity index (χ0) is 11.7. The molecular weight excluding hydrogens is 188 g/mol. The van der Waals surface area contributed by atoms with Gasteiger partial charge in [0.05, 0.1) is 24.9 Å². The van der Waals surface area contributed by atoms with Gasteiger partial charge >= 0.3 is 0 Å². The van der Waals surface area contributed by atoms with E-state index in [9.17, 15) is 0 Å². The van der Waals surface area contributed by atoms with Crippen molar-refractivity contribution in [1.82, 2.24) is 0 Å². The average molecular weight is 214 g/mol. The molecule has 1 aliphatic rings. The van der Waals surface area contributed by atoms with Crippen molar-refractivity contribution in [2.75, 3.05) is 13.2 Å². The number of hydrogen-bond acceptors (Lipinski definition) is 2. The molecule has 2 nitrogen and oxygen atoms in total. The van der Waals surface area contributed by atoms with Crippen molar-refractivity contribution in [3.8, 4) is 0 Å². The van der Waals surface area contributed by atoms with Crippen molar-refractivity contribution in [2.45, 2.75) is 59.7 Å². The molecule has 1 heterocycles. The third-order valence-corrected chi connectivity index (χ3v) is 3.52. The predicted molar refractivity (Wildman–Crippen MR) is 63.0 cm³/mol. The second-order valence-corrected chi connectivity index (χ2v) is 6.35. The molecule has 0 aromatic carbocycles. The van der Waals surface area contributed by atoms with Gasteiger partial charge < -0.3 is 9.47 Å². The van der Waals surface area contributed by atoms with E-state index in [-0.39, 0.29) is 11.0 Å². The van der Waals surface area contributed by atoms with Crippen molar-refractivity contribution < 1.29 is 9.47 Å². The van der Waals surface area contributed by atoms with E-state index in [0.717, 1.165) is 19.6 Å². The van der Waals surface area contributed by atoms with Gasteiger partial charge in [0.2, 0.25) is 0 Å². The van der Waals surface area contributed by atoms with Crippen molar-refractivity contribution in [1.29, 1.82) is 0 Å². The highest BCUT2D eigenvalue weighted by molar-refractivity contribution is 4.82. The van der Waals surface area contributed by atoms with E-state index in [1.165, 1.54) is 0 Å². The maximum Gasteiger partial charge on any atom is 0.0837 e. The molecule has 0 radical (unpaired) electrons. The van der Waals surface area contributed by atoms with Gasteiger partial charge in [0.15, 0.2) is 0 Å². The molecule has 2 heteroatoms. The highest BCUT2D eigenvalue weighted by Crippen LogP contribution is 2.31. The SMILES string of the molecule is CC(C)C(C)(C)COC(C)(C)CC1CO1. The summed E-state index contributed by atoms with van der Waals surface area (Å²) < 4.78 is 11.3. The molecule has 0 bridgehead atoms. The fourth-order valence-corrected chi connectivity index (χ4v) is 1.34. The highest BCUT2D eigenvalue weighted by atomic mass is 16.6. The summed E-state index contributed by atoms with van der Waals surface area (Å²) in [5.74, 6) is 0.644. The molecule has 1 fully saturated rings. The van der Waals surface area contributed by atoms with E-state index in [1.54, 1.807) is 0 Å². The highest BCUT2D eigenvalue weighted by Gasteiger charge is 2.33. The van der Waals surface area contributed by atoms with Crippen LogP contribution in [0.15, 0.2) is 0 Å². The van der Waals surface area contributed by atoms with Gasteiger partial charge in [-0.2, -0.15) is 0 Å². The number of hydrogen-bond donors (Lipinski definition) is 0. The summed E-state index contributed by atoms with van der Waals surface area (Å²) in [4.78, 5) is 0. The maximum absolute atomic E-state index is 6.03. The largest absolute Gasteiger partial charge is 0.375 e. The van der Waals surface area contributed by atoms with Crippen LogP contribution in [0.4, 0.5) is 0 Å². The minimum absolute atomic E-state index is 0.0483. The van der Waals surface area contributed by atoms with E-state index < -0.39 is 0 Å². The topological polar surface area (TPSA) is 21.8 Å². The second kappa shape index (κ2) is 4.42. The van der Waals surface area contributed by atoms with Crippen LogP contribution in [-0.2, 0) is 9.47 Å². The van der Waals surface area contributed by atoms with Gasteiger partial charge in [-0.3, -0.25) is 0 Å². The maximum atomic E-state index is 6.03. The summed E-state index contributed by atoms with van der Waals surface area (Å²) in [5, 5.41) is 0. The Balaban J connectivity index is 2.33. The average Bonchev–Trinajstić information content (AvgIpc) is 2.84. The molecule has 15 heavy (non-hydrogen) atoms. The molecule has 1 saturated heterocycles. The molecule has 0 aromatic heterocycles. The quantitative estimate of drug-likeness (QED) is 0.633. The Kier molecular flexibility index (Phi) is 3.83. The minimum Gasteiger partial charge on any atom is -0.375 e. The zero-order valence-electron chi connectivity index (χ0n) is 11.1. The van der Waals surface area contributed by atoms with Crippen LogP contribution in [0.1, 0.15) is 48.0 Å². The van der Waals surface area contributed by atoms with Crippen LogP contribution in [0, 0.1) is 11.3 Å². The van der Waals surface area contributed by atoms with Crippen LogP contribution < -0.4 is 0 Å². The van der Waals surface area contributed by atoms with Gasteiger partial charge in [-0.1, -0.05) is 27.7 Å². The molecule has 90 valence electrons. The first-order valence-electron chi connectivity index (χ1n) is 5.98. The molecule has 0 aliphatic carbocycles. The third-order valence-electron chi connectivity index (χ3n) is 3.52. The zero-order valence-corrected chi connectivity index (χ0v) is 11.1. The first-order chi connectivity index (χ1) is 6.73. The first-order valence-corrected chi connectivity index (χ1v) is 5.98. The first kappa shape index (κ1) is 13.0. The Morgan fingerprint density at radius 1 is 1.27 bits per heavy atom. The summed E-state index contributed by atoms with van der Waals surface area (Å²) in [6, 6.07) is 0. The molecule has 0 amide bonds. The Hall–Kier alpha value is -0.0800. The predicted octanol–water partition coefficient (Wildman–Crippen LogP) is 3.25. The van der Waals surface area contributed by atoms with E-state index >= 15 is 0 Å². The molecule has 1 atom stereocenters. The molecular formula is C13H26O2. The molecule has 0 N–H and O–H groups in total. The molecule has 0 saturated carbocycles. The fourth-order valence-electron chi connectivity index (χ4n) is 1.34. The molecule has 1 unspecified atom stereocenters. The second-order valence-electron chi connectivity index (χ2n) is 6.35. The molecule has 1 rings (SSSR count). The molecule has 0 spiro atoms. The number of ether oxygens (including phenoxy) is 2. The smallest absolute Gasteiger partial charge is 0.0837 e. The lowest BCUT2D eigenvalue weighted by Gasteiger charge is -2.34. The van der Waals surface area contributed by atoms with Gasteiger partial charge in [0.25, 0.3) is 0 Å². The van der Waals surface area contributed by atoms with Gasteiger partial charge in [-0.15, -0.1) is 0 Å². The van der Waals surface area contributed by atoms with Crippen LogP contribution in [0.2, 0.25) is 0 Å². The third kappa shape index (κ3) is 4.52. The fraction of sp³-hybridized carbons (Fsp3) is 1.00. The Morgan fingerprint density at radius 2 is 1.80 bits per heavy atom. The minimum atomic E-state index is -0.0483. The monoisotopic (exact) mass is 214 g/mol. The lowest BCUT2D eigenvalue weighted by atomic mass is 9.82. The van der Waals surface area contributed by atoms with Gasteiger partial charge in [0.1, 0.15) is 0 Å². The van der Waals surface area contributed by atoms with Gasteiger partial charge in [-0.05, 0) is 25.2 Å². The van der Waals surface area contributed by atoms with Crippen LogP contribution >= 0.6 is 0 Å². The van der Waals surface area contributed by atoms with Crippen molar-refractivity contribution in [3.05, 3.63) is 0 Å². The number of epoxide rings is 1. The van der Waals surface area contributed by atoms with Crippen molar-refractivity contribution in [2.24, 2.45) is 11.3 Å². The van der Waals surface area contributed by atoms with E-state index in [0.29, 0.717) is 12.0 Å². The molecule has 1 aliphatic heterocycles. The van der Waals surface area contributed by atoms with E-state index in [4.69, 9.17) is 9.47 Å². The van der Waals surface area contributed by atoms with Crippen LogP contribution in [-0.4, -0.2) is 24.9 Å². The molecule has 0 aromatic rings. The Morgan fingerprint density at radius 3 is 2.20 bits per heavy atom. The normalized spacial score (nSPS) is 22.2. The van der Waals surface area contributed by atoms with E-state index in [1.807, 2.05) is 0 Å². The van der Waals surface area contributed by atoms with Crippen LogP contribution in [0.25, 0.3) is 0 Å². The summed E-state index contributed by atoms with van der Waals surface area (Å²) in [5.41, 5.74) is 0.203. The lowest BCUT2D eigenvalue weighted by Crippen LogP contribution is -2.34. The van der Waals surface area contributed by atoms with Crippen molar-refractivity contribution in [3.63, 3.8) is 0 Å². The summed E-state index contributed by atoms with van der Waals surface area (Å²) in [6.07, 6.45) is 1.46. The van der Waals surface area contributed by atoms with Gasteiger partial charge in [0, 0.05) is 6.42 Å². The summed E-state index contributed by atoms with van der Waals surface area (Å²) in [6.45, 7) is 15.1. The number of rotatable bonds is 6. The Labute approximate surface area is 94.3 Å². The van der Waals surface area contributed by atoms with Gasteiger partial charge in [-0.25, -0.2) is 0 Å². The van der Waals surface area contributed by atoms with Crippen LogP contribution in [0.5, 0.6) is 0 Å². The van der Waals surface area contributed by atoms with Crippen molar-refractivity contribution >= 4 is 0 Å². The standard InChI is InChI=1S/C13H26O2/c1-10(2)12(3,4)9-15-13(5,6)7-11-8-14-11/h10-11H,7-9H2,1-6H3. The van der Waals surface area contributed by atoms with E-state index in [2.05, 4.69) is 41.5 Å². The summed E-state index contributed by atoms with van der Waals surface area (Å²) in [7, 11) is 0. The van der Waals surface area contributed by atoms with Crippen LogP contribution in [0.3, 0.4) is 0 Å². The Bertz CT molecular complexity index is 203. The summed E-state index contributed by atoms with van der Waals surface area (Å²) >= 11 is 0. The lowest BCUT2D eigenvalue weighted by molar-refractivity contribution is -0.0724.